The lowest BCUT2D eigenvalue weighted by Crippen LogP contribution is -2.07. The topological polar surface area (TPSA) is 17.1 Å². The number of hydrogen-bond acceptors (Lipinski definition) is 1. The summed E-state index contributed by atoms with van der Waals surface area (Å²) >= 11 is 0. The van der Waals surface area contributed by atoms with Crippen molar-refractivity contribution in [1.82, 2.24) is 0 Å². The molecule has 0 aliphatic carbocycles. The van der Waals surface area contributed by atoms with Gasteiger partial charge in [0.15, 0.2) is 0 Å². The van der Waals surface area contributed by atoms with E-state index in [4.69, 9.17) is 0 Å². The van der Waals surface area contributed by atoms with Crippen molar-refractivity contribution in [3.8, 4) is 11.1 Å². The quantitative estimate of drug-likeness (QED) is 0.579. The normalized spacial score (nSPS) is 11.4. The van der Waals surface area contributed by atoms with Gasteiger partial charge in [0.05, 0.1) is 5.56 Å². The largest absolute Gasteiger partial charge is 0.419 e. The van der Waals surface area contributed by atoms with Crippen LogP contribution in [0.15, 0.2) is 36.4 Å². The highest BCUT2D eigenvalue weighted by molar-refractivity contribution is 5.79. The summed E-state index contributed by atoms with van der Waals surface area (Å²) in [5.74, 6) is -1.33. The van der Waals surface area contributed by atoms with Gasteiger partial charge in [-0.15, -0.1) is 0 Å². The maximum atomic E-state index is 13.5. The van der Waals surface area contributed by atoms with Crippen LogP contribution < -0.4 is 0 Å². The van der Waals surface area contributed by atoms with Crippen molar-refractivity contribution in [2.45, 2.75) is 13.1 Å². The standard InChI is InChI=1S/C15H10F4O/c1-9-4-10(8-20)6-12(5-9)11-2-3-13(14(16)7-11)15(17,18)19/h2-8H,1H3. The molecule has 2 rings (SSSR count). The second kappa shape index (κ2) is 5.07. The van der Waals surface area contributed by atoms with Crippen LogP contribution in [0, 0.1) is 12.7 Å². The molecule has 0 N–H and O–H groups in total. The SMILES string of the molecule is Cc1cc(C=O)cc(-c2ccc(C(F)(F)F)c(F)c2)c1. The number of aldehydes is 1. The minimum atomic E-state index is -4.72. The predicted molar refractivity (Wildman–Crippen MR) is 67.0 cm³/mol. The van der Waals surface area contributed by atoms with Gasteiger partial charge in [0.25, 0.3) is 0 Å². The van der Waals surface area contributed by atoms with Gasteiger partial charge in [-0.05, 0) is 47.9 Å². The molecule has 0 saturated carbocycles. The Kier molecular flexibility index (Phi) is 3.61. The molecule has 0 heterocycles. The fourth-order valence-electron chi connectivity index (χ4n) is 1.97. The average molecular weight is 282 g/mol. The Hall–Kier alpha value is -2.17. The van der Waals surface area contributed by atoms with Crippen molar-refractivity contribution in [2.24, 2.45) is 0 Å². The van der Waals surface area contributed by atoms with Crippen LogP contribution >= 0.6 is 0 Å². The molecule has 0 aromatic heterocycles. The molecule has 0 aliphatic heterocycles. The summed E-state index contributed by atoms with van der Waals surface area (Å²) in [5, 5.41) is 0. The lowest BCUT2D eigenvalue weighted by Gasteiger charge is -2.10. The van der Waals surface area contributed by atoms with Crippen LogP contribution in [0.1, 0.15) is 21.5 Å². The summed E-state index contributed by atoms with van der Waals surface area (Å²) in [6, 6.07) is 7.53. The molecular weight excluding hydrogens is 272 g/mol. The Labute approximate surface area is 112 Å². The van der Waals surface area contributed by atoms with Crippen molar-refractivity contribution in [1.29, 1.82) is 0 Å². The van der Waals surface area contributed by atoms with E-state index < -0.39 is 17.6 Å². The molecule has 0 bridgehead atoms. The van der Waals surface area contributed by atoms with E-state index in [1.54, 1.807) is 19.1 Å². The van der Waals surface area contributed by atoms with Gasteiger partial charge in [-0.1, -0.05) is 12.1 Å². The Morgan fingerprint density at radius 1 is 1.00 bits per heavy atom. The van der Waals surface area contributed by atoms with Gasteiger partial charge in [-0.3, -0.25) is 4.79 Å². The first-order valence-corrected chi connectivity index (χ1v) is 5.75. The van der Waals surface area contributed by atoms with Gasteiger partial charge in [-0.25, -0.2) is 4.39 Å². The number of halogens is 4. The fraction of sp³-hybridized carbons (Fsp3) is 0.133. The smallest absolute Gasteiger partial charge is 0.298 e. The van der Waals surface area contributed by atoms with Crippen LogP contribution in [0.2, 0.25) is 0 Å². The highest BCUT2D eigenvalue weighted by Gasteiger charge is 2.33. The summed E-state index contributed by atoms with van der Waals surface area (Å²) < 4.78 is 51.0. The molecule has 0 amide bonds. The van der Waals surface area contributed by atoms with Gasteiger partial charge < -0.3 is 0 Å². The monoisotopic (exact) mass is 282 g/mol. The fourth-order valence-corrected chi connectivity index (χ4v) is 1.97. The number of rotatable bonds is 2. The van der Waals surface area contributed by atoms with Crippen LogP contribution in [-0.2, 0) is 6.18 Å². The molecule has 0 atom stereocenters. The molecule has 0 aliphatic rings. The van der Waals surface area contributed by atoms with E-state index in [1.807, 2.05) is 0 Å². The van der Waals surface area contributed by atoms with Crippen molar-refractivity contribution in [2.75, 3.05) is 0 Å². The van der Waals surface area contributed by atoms with Gasteiger partial charge >= 0.3 is 6.18 Å². The van der Waals surface area contributed by atoms with Crippen LogP contribution in [0.5, 0.6) is 0 Å². The molecule has 0 spiro atoms. The zero-order valence-electron chi connectivity index (χ0n) is 10.5. The Balaban J connectivity index is 2.52. The van der Waals surface area contributed by atoms with E-state index in [2.05, 4.69) is 0 Å². The first-order valence-electron chi connectivity index (χ1n) is 5.75. The molecule has 2 aromatic carbocycles. The molecule has 0 radical (unpaired) electrons. The van der Waals surface area contributed by atoms with Crippen molar-refractivity contribution >= 4 is 6.29 Å². The van der Waals surface area contributed by atoms with E-state index in [0.29, 0.717) is 29.0 Å². The van der Waals surface area contributed by atoms with Crippen molar-refractivity contribution < 1.29 is 22.4 Å². The molecule has 0 unspecified atom stereocenters. The molecular formula is C15H10F4O. The molecule has 2 aromatic rings. The molecule has 104 valence electrons. The third kappa shape index (κ3) is 2.87. The van der Waals surface area contributed by atoms with Crippen LogP contribution in [-0.4, -0.2) is 6.29 Å². The molecule has 0 fully saturated rings. The average Bonchev–Trinajstić information content (AvgIpc) is 2.36. The number of hydrogen-bond donors (Lipinski definition) is 0. The molecule has 0 saturated heterocycles. The minimum Gasteiger partial charge on any atom is -0.298 e. The summed E-state index contributed by atoms with van der Waals surface area (Å²) in [6.07, 6.45) is -4.08. The van der Waals surface area contributed by atoms with Crippen molar-refractivity contribution in [3.63, 3.8) is 0 Å². The van der Waals surface area contributed by atoms with E-state index in [1.165, 1.54) is 12.1 Å². The van der Waals surface area contributed by atoms with Gasteiger partial charge in [0.2, 0.25) is 0 Å². The van der Waals surface area contributed by atoms with E-state index in [-0.39, 0.29) is 0 Å². The number of alkyl halides is 3. The van der Waals surface area contributed by atoms with Gasteiger partial charge in [-0.2, -0.15) is 13.2 Å². The second-order valence-corrected chi connectivity index (χ2v) is 4.44. The Morgan fingerprint density at radius 2 is 1.70 bits per heavy atom. The first-order chi connectivity index (χ1) is 9.31. The summed E-state index contributed by atoms with van der Waals surface area (Å²) in [4.78, 5) is 10.8. The minimum absolute atomic E-state index is 0.294. The van der Waals surface area contributed by atoms with E-state index in [0.717, 1.165) is 11.6 Å². The highest BCUT2D eigenvalue weighted by atomic mass is 19.4. The van der Waals surface area contributed by atoms with E-state index >= 15 is 0 Å². The van der Waals surface area contributed by atoms with Crippen LogP contribution in [0.3, 0.4) is 0 Å². The number of carbonyl (C=O) groups excluding carboxylic acids is 1. The lowest BCUT2D eigenvalue weighted by molar-refractivity contribution is -0.139. The Morgan fingerprint density at radius 3 is 2.25 bits per heavy atom. The second-order valence-electron chi connectivity index (χ2n) is 4.44. The van der Waals surface area contributed by atoms with Crippen molar-refractivity contribution in [3.05, 3.63) is 58.9 Å². The van der Waals surface area contributed by atoms with E-state index in [9.17, 15) is 22.4 Å². The van der Waals surface area contributed by atoms with Crippen LogP contribution in [0.25, 0.3) is 11.1 Å². The Bertz CT molecular complexity index is 659. The van der Waals surface area contributed by atoms with Gasteiger partial charge in [0, 0.05) is 5.56 Å². The molecule has 1 nitrogen and oxygen atoms in total. The highest BCUT2D eigenvalue weighted by Crippen LogP contribution is 2.33. The zero-order valence-corrected chi connectivity index (χ0v) is 10.5. The zero-order chi connectivity index (χ0) is 14.9. The maximum absolute atomic E-state index is 13.5. The van der Waals surface area contributed by atoms with Gasteiger partial charge in [0.1, 0.15) is 12.1 Å². The third-order valence-corrected chi connectivity index (χ3v) is 2.84. The molecule has 5 heteroatoms. The van der Waals surface area contributed by atoms with Crippen LogP contribution in [0.4, 0.5) is 17.6 Å². The maximum Gasteiger partial charge on any atom is 0.419 e. The summed E-state index contributed by atoms with van der Waals surface area (Å²) in [6.45, 7) is 1.75. The number of aryl methyl sites for hydroxylation is 1. The summed E-state index contributed by atoms with van der Waals surface area (Å²) in [7, 11) is 0. The predicted octanol–water partition coefficient (Wildman–Crippen LogP) is 4.63. The summed E-state index contributed by atoms with van der Waals surface area (Å²) in [5.41, 5.74) is 0.650. The third-order valence-electron chi connectivity index (χ3n) is 2.84. The molecule has 20 heavy (non-hydrogen) atoms. The number of carbonyl (C=O) groups is 1. The number of benzene rings is 2. The lowest BCUT2D eigenvalue weighted by atomic mass is 9.99. The first kappa shape index (κ1) is 14.2.